The molecule has 1 aliphatic carbocycles. The topological polar surface area (TPSA) is 348 Å². The quantitative estimate of drug-likeness (QED) is 0.0696. The van der Waals surface area contributed by atoms with Gasteiger partial charge in [-0.25, -0.2) is 0 Å². The number of ether oxygens (including phenoxy) is 7. The van der Waals surface area contributed by atoms with Gasteiger partial charge in [0.1, 0.15) is 67.1 Å². The predicted molar refractivity (Wildman–Crippen MR) is 183 cm³/mol. The van der Waals surface area contributed by atoms with Gasteiger partial charge >= 0.3 is 0 Å². The number of hydrogen-bond acceptors (Lipinski definition) is 20. The van der Waals surface area contributed by atoms with Gasteiger partial charge in [-0.15, -0.1) is 0 Å². The van der Waals surface area contributed by atoms with Gasteiger partial charge in [-0.1, -0.05) is 30.3 Å². The Kier molecular flexibility index (Phi) is 15.7. The minimum atomic E-state index is -1.52. The molecule has 4 aliphatic rings. The molecule has 53 heavy (non-hydrogen) atoms. The van der Waals surface area contributed by atoms with Gasteiger partial charge in [0.2, 0.25) is 0 Å². The molecular formula is C33H58N6O14. The summed E-state index contributed by atoms with van der Waals surface area (Å²) in [6, 6.07) is 5.67. The van der Waals surface area contributed by atoms with Crippen molar-refractivity contribution in [3.63, 3.8) is 0 Å². The Hall–Kier alpha value is -1.58. The lowest BCUT2D eigenvalue weighted by Crippen LogP contribution is -2.68. The van der Waals surface area contributed by atoms with Crippen molar-refractivity contribution in [2.75, 3.05) is 39.5 Å². The van der Waals surface area contributed by atoms with Crippen molar-refractivity contribution in [1.29, 1.82) is 0 Å². The Morgan fingerprint density at radius 3 is 1.81 bits per heavy atom. The third kappa shape index (κ3) is 9.87. The van der Waals surface area contributed by atoms with Crippen LogP contribution in [0.5, 0.6) is 0 Å². The fraction of sp³-hybridized carbons (Fsp3) is 0.818. The molecule has 5 rings (SSSR count). The van der Waals surface area contributed by atoms with Gasteiger partial charge in [-0.3, -0.25) is 0 Å². The van der Waals surface area contributed by atoms with E-state index in [9.17, 15) is 35.7 Å². The molecule has 1 saturated carbocycles. The number of benzene rings is 1. The van der Waals surface area contributed by atoms with Gasteiger partial charge in [-0.2, -0.15) is 0 Å². The number of rotatable bonds is 16. The van der Waals surface area contributed by atoms with Crippen LogP contribution < -0.4 is 34.0 Å². The van der Waals surface area contributed by atoms with Gasteiger partial charge in [0.05, 0.1) is 38.0 Å². The molecule has 4 fully saturated rings. The van der Waals surface area contributed by atoms with Gasteiger partial charge in [0.25, 0.3) is 0 Å². The minimum Gasteiger partial charge on any atom is -0.394 e. The molecule has 304 valence electrons. The Morgan fingerprint density at radius 2 is 1.19 bits per heavy atom. The number of nitrogens with one attached hydrogen (secondary N) is 1. The second-order valence-electron chi connectivity index (χ2n) is 14.0. The molecule has 1 aromatic rings. The first-order chi connectivity index (χ1) is 25.4. The Morgan fingerprint density at radius 1 is 0.623 bits per heavy atom. The summed E-state index contributed by atoms with van der Waals surface area (Å²) >= 11 is 0. The van der Waals surface area contributed by atoms with Gasteiger partial charge in [0.15, 0.2) is 18.9 Å². The summed E-state index contributed by atoms with van der Waals surface area (Å²) in [6.07, 6.45) is -18.5. The first-order valence-corrected chi connectivity index (χ1v) is 18.0. The van der Waals surface area contributed by atoms with Gasteiger partial charge in [-0.05, 0) is 24.9 Å². The first kappa shape index (κ1) is 42.6. The third-order valence-electron chi connectivity index (χ3n) is 10.3. The van der Waals surface area contributed by atoms with Crippen LogP contribution in [-0.4, -0.2) is 191 Å². The molecule has 0 unspecified atom stereocenters. The number of aliphatic hydroxyl groups is 7. The number of hydrogen-bond donors (Lipinski definition) is 13. The largest absolute Gasteiger partial charge is 0.394 e. The lowest BCUT2D eigenvalue weighted by molar-refractivity contribution is -0.311. The Labute approximate surface area is 307 Å². The Balaban J connectivity index is 1.34. The summed E-state index contributed by atoms with van der Waals surface area (Å²) in [6.45, 7) is -0.253. The monoisotopic (exact) mass is 762 g/mol. The van der Waals surface area contributed by atoms with E-state index < -0.39 is 129 Å². The van der Waals surface area contributed by atoms with Crippen LogP contribution in [0.3, 0.4) is 0 Å². The van der Waals surface area contributed by atoms with Crippen LogP contribution in [0.4, 0.5) is 0 Å². The van der Waals surface area contributed by atoms with E-state index in [0.29, 0.717) is 13.1 Å². The lowest BCUT2D eigenvalue weighted by atomic mass is 9.84. The standard InChI is InChI=1S/C33H58N6O14/c34-11-17-23(43)25(45)20(37)31(48-17)52-28-19(13-41)50-33(30(28)47-9-8-39-7-6-14-4-2-1-3-5-14)53-29-22(42)15(35)10-16(36)27(29)51-32-21(38)26(46)24(44)18(12-40)49-32/h1-5,15-33,39-46H,6-13,34-38H2/t15-,16+,17+,18-,19-,20-,21-,22+,23-,24-,25-,26-,27-,28-,29-,30-,31-,32-,33-/m1/s1. The third-order valence-corrected chi connectivity index (χ3v) is 10.3. The summed E-state index contributed by atoms with van der Waals surface area (Å²) in [7, 11) is 0. The molecule has 20 nitrogen and oxygen atoms in total. The summed E-state index contributed by atoms with van der Waals surface area (Å²) in [4.78, 5) is 0. The van der Waals surface area contributed by atoms with Crippen molar-refractivity contribution >= 4 is 0 Å². The molecule has 0 bridgehead atoms. The van der Waals surface area contributed by atoms with E-state index in [1.54, 1.807) is 0 Å². The van der Waals surface area contributed by atoms with Crippen LogP contribution in [-0.2, 0) is 39.6 Å². The molecule has 18 N–H and O–H groups in total. The molecule has 0 amide bonds. The van der Waals surface area contributed by atoms with Crippen molar-refractivity contribution in [3.8, 4) is 0 Å². The highest BCUT2D eigenvalue weighted by Gasteiger charge is 2.55. The highest BCUT2D eigenvalue weighted by molar-refractivity contribution is 5.14. The summed E-state index contributed by atoms with van der Waals surface area (Å²) in [5.41, 5.74) is 32.0. The van der Waals surface area contributed by atoms with Crippen molar-refractivity contribution in [1.82, 2.24) is 5.32 Å². The zero-order valence-corrected chi connectivity index (χ0v) is 29.4. The van der Waals surface area contributed by atoms with Crippen molar-refractivity contribution in [2.45, 2.75) is 129 Å². The van der Waals surface area contributed by atoms with Crippen LogP contribution in [0.15, 0.2) is 30.3 Å². The molecule has 0 radical (unpaired) electrons. The van der Waals surface area contributed by atoms with Crippen molar-refractivity contribution < 1.29 is 68.9 Å². The van der Waals surface area contributed by atoms with Crippen LogP contribution in [0.1, 0.15) is 12.0 Å². The maximum absolute atomic E-state index is 11.3. The summed E-state index contributed by atoms with van der Waals surface area (Å²) in [5.74, 6) is 0. The van der Waals surface area contributed by atoms with Gasteiger partial charge < -0.3 is 103 Å². The highest BCUT2D eigenvalue weighted by atomic mass is 16.8. The number of aliphatic hydroxyl groups excluding tert-OH is 7. The summed E-state index contributed by atoms with van der Waals surface area (Å²) < 4.78 is 42.6. The first-order valence-electron chi connectivity index (χ1n) is 18.0. The molecule has 0 aromatic heterocycles. The van der Waals surface area contributed by atoms with E-state index in [4.69, 9.17) is 61.8 Å². The lowest BCUT2D eigenvalue weighted by Gasteiger charge is -2.47. The zero-order chi connectivity index (χ0) is 38.4. The van der Waals surface area contributed by atoms with Crippen molar-refractivity contribution in [3.05, 3.63) is 35.9 Å². The van der Waals surface area contributed by atoms with Crippen LogP contribution >= 0.6 is 0 Å². The van der Waals surface area contributed by atoms with E-state index in [1.807, 2.05) is 30.3 Å². The second kappa shape index (κ2) is 19.5. The molecule has 3 aliphatic heterocycles. The molecular weight excluding hydrogens is 704 g/mol. The van der Waals surface area contributed by atoms with E-state index in [0.717, 1.165) is 12.0 Å². The van der Waals surface area contributed by atoms with E-state index in [2.05, 4.69) is 5.32 Å². The molecule has 1 aromatic carbocycles. The van der Waals surface area contributed by atoms with E-state index in [1.165, 1.54) is 0 Å². The maximum atomic E-state index is 11.3. The predicted octanol–water partition coefficient (Wildman–Crippen LogP) is -7.01. The zero-order valence-electron chi connectivity index (χ0n) is 29.4. The Bertz CT molecular complexity index is 1230. The maximum Gasteiger partial charge on any atom is 0.187 e. The molecule has 19 atom stereocenters. The van der Waals surface area contributed by atoms with Gasteiger partial charge in [0, 0.05) is 25.2 Å². The minimum absolute atomic E-state index is 0.0841. The molecule has 3 saturated heterocycles. The average molecular weight is 763 g/mol. The molecule has 20 heteroatoms. The van der Waals surface area contributed by atoms with Crippen LogP contribution in [0.2, 0.25) is 0 Å². The average Bonchev–Trinajstić information content (AvgIpc) is 3.48. The van der Waals surface area contributed by atoms with Crippen LogP contribution in [0.25, 0.3) is 0 Å². The highest BCUT2D eigenvalue weighted by Crippen LogP contribution is 2.35. The summed E-state index contributed by atoms with van der Waals surface area (Å²) in [5, 5.41) is 76.6. The van der Waals surface area contributed by atoms with E-state index in [-0.39, 0.29) is 19.6 Å². The fourth-order valence-electron chi connectivity index (χ4n) is 7.12. The van der Waals surface area contributed by atoms with Crippen molar-refractivity contribution in [2.24, 2.45) is 28.7 Å². The fourth-order valence-corrected chi connectivity index (χ4v) is 7.12. The molecule has 3 heterocycles. The smallest absolute Gasteiger partial charge is 0.187 e. The number of nitrogens with two attached hydrogens (primary N) is 5. The molecule has 0 spiro atoms. The van der Waals surface area contributed by atoms with Crippen LogP contribution in [0, 0.1) is 0 Å². The van der Waals surface area contributed by atoms with E-state index >= 15 is 0 Å². The SMILES string of the molecule is NC[C@@H]1O[C@H](O[C@H]2[C@@H](OCCNCCc3ccccc3)[C@@H](O[C@@H]3[C@@H](O)[C@H](N)C[C@H](N)[C@H]3O[C@H]3O[C@H](CO)[C@@H](O)[C@H](O)[C@H]3N)O[C@@H]2CO)[C@H](N)[C@@H](O)[C@@H]1O. The second-order valence-corrected chi connectivity index (χ2v) is 14.0. The normalized spacial score (nSPS) is 45.0.